The number of oxazole rings is 1. The zero-order valence-electron chi connectivity index (χ0n) is 10.5. The lowest BCUT2D eigenvalue weighted by atomic mass is 10.2. The molecule has 0 aliphatic rings. The second-order valence-electron chi connectivity index (χ2n) is 4.06. The molecule has 1 amide bonds. The fraction of sp³-hybridized carbons (Fsp3) is 0.231. The molecule has 2 aromatic rings. The van der Waals surface area contributed by atoms with Crippen molar-refractivity contribution < 1.29 is 9.21 Å². The number of halogens is 2. The Hall–Kier alpha value is -1.52. The monoisotopic (exact) mass is 298 g/mol. The van der Waals surface area contributed by atoms with Crippen LogP contribution >= 0.6 is 23.2 Å². The molecule has 0 aliphatic heterocycles. The van der Waals surface area contributed by atoms with Crippen LogP contribution in [0.25, 0.3) is 0 Å². The van der Waals surface area contributed by atoms with Crippen molar-refractivity contribution in [3.05, 3.63) is 45.6 Å². The molecular formula is C13H12Cl2N2O2. The molecule has 0 saturated heterocycles. The van der Waals surface area contributed by atoms with Gasteiger partial charge in [0.1, 0.15) is 5.76 Å². The Labute approximate surface area is 120 Å². The molecule has 1 N–H and O–H groups in total. The van der Waals surface area contributed by atoms with Crippen LogP contribution in [-0.4, -0.2) is 10.9 Å². The van der Waals surface area contributed by atoms with Crippen molar-refractivity contribution in [1.29, 1.82) is 0 Å². The summed E-state index contributed by atoms with van der Waals surface area (Å²) < 4.78 is 5.35. The summed E-state index contributed by atoms with van der Waals surface area (Å²) in [6.45, 7) is 3.53. The second-order valence-corrected chi connectivity index (χ2v) is 4.88. The van der Waals surface area contributed by atoms with Gasteiger partial charge in [0, 0.05) is 6.92 Å². The Morgan fingerprint density at radius 1 is 1.32 bits per heavy atom. The molecule has 1 aromatic carbocycles. The minimum Gasteiger partial charge on any atom is -0.445 e. The Bertz CT molecular complexity index is 603. The summed E-state index contributed by atoms with van der Waals surface area (Å²) in [6.07, 6.45) is 0.0915. The smallest absolute Gasteiger partial charge is 0.232 e. The number of hydrogen-bond acceptors (Lipinski definition) is 3. The Morgan fingerprint density at radius 3 is 2.47 bits per heavy atom. The summed E-state index contributed by atoms with van der Waals surface area (Å²) >= 11 is 12.0. The molecule has 0 spiro atoms. The third-order valence-electron chi connectivity index (χ3n) is 2.55. The fourth-order valence-corrected chi connectivity index (χ4v) is 2.18. The van der Waals surface area contributed by atoms with Gasteiger partial charge in [0.25, 0.3) is 0 Å². The lowest BCUT2D eigenvalue weighted by Gasteiger charge is -2.08. The van der Waals surface area contributed by atoms with Gasteiger partial charge >= 0.3 is 0 Å². The first-order chi connectivity index (χ1) is 8.97. The quantitative estimate of drug-likeness (QED) is 0.938. The summed E-state index contributed by atoms with van der Waals surface area (Å²) in [5, 5.41) is 3.46. The third-order valence-corrected chi connectivity index (χ3v) is 3.18. The van der Waals surface area contributed by atoms with Gasteiger partial charge in [-0.25, -0.2) is 4.98 Å². The van der Waals surface area contributed by atoms with Crippen LogP contribution in [0.15, 0.2) is 22.6 Å². The molecule has 2 rings (SSSR count). The van der Waals surface area contributed by atoms with Crippen LogP contribution < -0.4 is 5.32 Å². The summed E-state index contributed by atoms with van der Waals surface area (Å²) in [5.74, 6) is 0.823. The lowest BCUT2D eigenvalue weighted by molar-refractivity contribution is -0.115. The zero-order valence-corrected chi connectivity index (χ0v) is 12.0. The lowest BCUT2D eigenvalue weighted by Crippen LogP contribution is -2.15. The average molecular weight is 299 g/mol. The number of rotatable bonds is 3. The first-order valence-corrected chi connectivity index (χ1v) is 6.39. The van der Waals surface area contributed by atoms with Crippen molar-refractivity contribution in [3.8, 4) is 0 Å². The molecule has 0 bridgehead atoms. The molecule has 100 valence electrons. The van der Waals surface area contributed by atoms with E-state index in [-0.39, 0.29) is 12.3 Å². The van der Waals surface area contributed by atoms with E-state index in [4.69, 9.17) is 27.6 Å². The first-order valence-electron chi connectivity index (χ1n) is 5.64. The number of hydrogen-bond donors (Lipinski definition) is 1. The minimum atomic E-state index is -0.255. The van der Waals surface area contributed by atoms with E-state index in [1.54, 1.807) is 32.0 Å². The second kappa shape index (κ2) is 5.63. The first kappa shape index (κ1) is 13.9. The Morgan fingerprint density at radius 2 is 1.95 bits per heavy atom. The van der Waals surface area contributed by atoms with E-state index in [1.165, 1.54) is 0 Å². The summed E-state index contributed by atoms with van der Waals surface area (Å²) in [5.41, 5.74) is 1.11. The number of aryl methyl sites for hydroxylation is 2. The molecule has 19 heavy (non-hydrogen) atoms. The Balaban J connectivity index is 2.12. The predicted octanol–water partition coefficient (Wildman–Crippen LogP) is 3.78. The van der Waals surface area contributed by atoms with Crippen molar-refractivity contribution >= 4 is 34.8 Å². The van der Waals surface area contributed by atoms with Gasteiger partial charge in [-0.05, 0) is 19.1 Å². The van der Waals surface area contributed by atoms with Crippen LogP contribution in [0.4, 0.5) is 5.69 Å². The molecule has 1 aromatic heterocycles. The van der Waals surface area contributed by atoms with E-state index in [2.05, 4.69) is 10.3 Å². The highest BCUT2D eigenvalue weighted by molar-refractivity contribution is 6.39. The van der Waals surface area contributed by atoms with Gasteiger partial charge in [-0.1, -0.05) is 29.3 Å². The molecule has 0 radical (unpaired) electrons. The number of carbonyl (C=O) groups excluding carboxylic acids is 1. The standard InChI is InChI=1S/C13H12Cl2N2O2/c1-7-11(19-8(2)16-7)6-12(18)17-13-9(14)4-3-5-10(13)15/h3-5H,6H2,1-2H3,(H,17,18). The van der Waals surface area contributed by atoms with E-state index in [1.807, 2.05) is 0 Å². The van der Waals surface area contributed by atoms with Crippen LogP contribution in [0.2, 0.25) is 10.0 Å². The molecular weight excluding hydrogens is 287 g/mol. The van der Waals surface area contributed by atoms with Gasteiger partial charge in [0.2, 0.25) is 5.91 Å². The summed E-state index contributed by atoms with van der Waals surface area (Å²) in [7, 11) is 0. The van der Waals surface area contributed by atoms with Gasteiger partial charge in [0.15, 0.2) is 5.89 Å². The normalized spacial score (nSPS) is 10.5. The molecule has 0 atom stereocenters. The number of aromatic nitrogens is 1. The highest BCUT2D eigenvalue weighted by Gasteiger charge is 2.14. The molecule has 1 heterocycles. The van der Waals surface area contributed by atoms with Crippen LogP contribution in [0.1, 0.15) is 17.3 Å². The van der Waals surface area contributed by atoms with Crippen molar-refractivity contribution in [2.24, 2.45) is 0 Å². The number of amides is 1. The maximum Gasteiger partial charge on any atom is 0.232 e. The molecule has 0 saturated carbocycles. The van der Waals surface area contributed by atoms with Crippen LogP contribution in [0.3, 0.4) is 0 Å². The van der Waals surface area contributed by atoms with Crippen LogP contribution in [-0.2, 0) is 11.2 Å². The van der Waals surface area contributed by atoms with E-state index in [0.717, 1.165) is 0 Å². The van der Waals surface area contributed by atoms with Crippen molar-refractivity contribution in [2.45, 2.75) is 20.3 Å². The van der Waals surface area contributed by atoms with E-state index in [9.17, 15) is 4.79 Å². The number of para-hydroxylation sites is 1. The van der Waals surface area contributed by atoms with Crippen molar-refractivity contribution in [2.75, 3.05) is 5.32 Å². The maximum atomic E-state index is 11.9. The summed E-state index contributed by atoms with van der Waals surface area (Å²) in [4.78, 5) is 16.0. The molecule has 0 aliphatic carbocycles. The predicted molar refractivity (Wildman–Crippen MR) is 74.8 cm³/mol. The SMILES string of the molecule is Cc1nc(C)c(CC(=O)Nc2c(Cl)cccc2Cl)o1. The molecule has 4 nitrogen and oxygen atoms in total. The molecule has 0 unspecified atom stereocenters. The number of nitrogens with zero attached hydrogens (tertiary/aromatic N) is 1. The van der Waals surface area contributed by atoms with E-state index in [0.29, 0.717) is 33.1 Å². The van der Waals surface area contributed by atoms with Crippen LogP contribution in [0.5, 0.6) is 0 Å². The van der Waals surface area contributed by atoms with Crippen LogP contribution in [0, 0.1) is 13.8 Å². The van der Waals surface area contributed by atoms with Gasteiger partial charge < -0.3 is 9.73 Å². The number of benzene rings is 1. The maximum absolute atomic E-state index is 11.9. The Kier molecular flexibility index (Phi) is 4.12. The van der Waals surface area contributed by atoms with Crippen molar-refractivity contribution in [3.63, 3.8) is 0 Å². The highest BCUT2D eigenvalue weighted by atomic mass is 35.5. The van der Waals surface area contributed by atoms with Gasteiger partial charge in [0.05, 0.1) is 27.8 Å². The topological polar surface area (TPSA) is 55.1 Å². The third kappa shape index (κ3) is 3.28. The zero-order chi connectivity index (χ0) is 14.0. The number of anilines is 1. The van der Waals surface area contributed by atoms with E-state index < -0.39 is 0 Å². The number of carbonyl (C=O) groups is 1. The average Bonchev–Trinajstić information content (AvgIpc) is 2.63. The molecule has 0 fully saturated rings. The van der Waals surface area contributed by atoms with Gasteiger partial charge in [-0.15, -0.1) is 0 Å². The van der Waals surface area contributed by atoms with E-state index >= 15 is 0 Å². The van der Waals surface area contributed by atoms with Crippen molar-refractivity contribution in [1.82, 2.24) is 4.98 Å². The minimum absolute atomic E-state index is 0.0915. The summed E-state index contributed by atoms with van der Waals surface area (Å²) in [6, 6.07) is 5.03. The highest BCUT2D eigenvalue weighted by Crippen LogP contribution is 2.29. The van der Waals surface area contributed by atoms with Gasteiger partial charge in [-0.3, -0.25) is 4.79 Å². The fourth-order valence-electron chi connectivity index (χ4n) is 1.68. The largest absolute Gasteiger partial charge is 0.445 e. The molecule has 6 heteroatoms. The number of nitrogens with one attached hydrogen (secondary N) is 1. The van der Waals surface area contributed by atoms with Gasteiger partial charge in [-0.2, -0.15) is 0 Å².